The van der Waals surface area contributed by atoms with Crippen molar-refractivity contribution in [1.29, 1.82) is 0 Å². The maximum Gasteiger partial charge on any atom is 0.119 e. The molecule has 0 spiro atoms. The Hall–Kier alpha value is -1.36. The summed E-state index contributed by atoms with van der Waals surface area (Å²) >= 11 is 1.60. The lowest BCUT2D eigenvalue weighted by atomic mass is 9.99. The second kappa shape index (κ2) is 6.88. The third-order valence-corrected chi connectivity index (χ3v) is 3.83. The molecule has 2 N–H and O–H groups in total. The molecule has 1 aromatic heterocycles. The van der Waals surface area contributed by atoms with Gasteiger partial charge in [-0.25, -0.2) is 0 Å². The molecule has 0 saturated carbocycles. The summed E-state index contributed by atoms with van der Waals surface area (Å²) in [5, 5.41) is 17.7. The van der Waals surface area contributed by atoms with Gasteiger partial charge in [0.1, 0.15) is 5.75 Å². The van der Waals surface area contributed by atoms with Crippen molar-refractivity contribution in [3.8, 4) is 5.75 Å². The van der Waals surface area contributed by atoms with E-state index in [4.69, 9.17) is 4.74 Å². The third-order valence-electron chi connectivity index (χ3n) is 3.15. The van der Waals surface area contributed by atoms with Crippen molar-refractivity contribution in [2.24, 2.45) is 0 Å². The maximum absolute atomic E-state index is 10.4. The van der Waals surface area contributed by atoms with Gasteiger partial charge in [0.15, 0.2) is 0 Å². The summed E-state index contributed by atoms with van der Waals surface area (Å²) in [5.74, 6) is 0.886. The van der Waals surface area contributed by atoms with E-state index in [1.54, 1.807) is 11.3 Å². The van der Waals surface area contributed by atoms with Crippen molar-refractivity contribution in [3.63, 3.8) is 0 Å². The first kappa shape index (κ1) is 15.0. The number of benzene rings is 1. The molecule has 0 aliphatic heterocycles. The standard InChI is InChI=1S/C16H21NO2S/c1-3-19-15-6-4-5-13(9-15)10-17-12-16(2,18)14-7-8-20-11-14/h4-9,11,17-18H,3,10,12H2,1-2H3. The van der Waals surface area contributed by atoms with E-state index in [0.717, 1.165) is 16.9 Å². The number of rotatable bonds is 7. The summed E-state index contributed by atoms with van der Waals surface area (Å²) in [6.45, 7) is 5.70. The van der Waals surface area contributed by atoms with Crippen LogP contribution in [0.2, 0.25) is 0 Å². The van der Waals surface area contributed by atoms with E-state index in [2.05, 4.69) is 11.4 Å². The van der Waals surface area contributed by atoms with Crippen molar-refractivity contribution >= 4 is 11.3 Å². The molecular weight excluding hydrogens is 270 g/mol. The Morgan fingerprint density at radius 1 is 1.35 bits per heavy atom. The molecule has 0 amide bonds. The highest BCUT2D eigenvalue weighted by atomic mass is 32.1. The Morgan fingerprint density at radius 3 is 2.90 bits per heavy atom. The molecule has 1 aromatic carbocycles. The first-order chi connectivity index (χ1) is 9.62. The van der Waals surface area contributed by atoms with Crippen LogP contribution in [-0.4, -0.2) is 18.3 Å². The Balaban J connectivity index is 1.88. The SMILES string of the molecule is CCOc1cccc(CNCC(C)(O)c2ccsc2)c1. The van der Waals surface area contributed by atoms with Gasteiger partial charge in [-0.1, -0.05) is 12.1 Å². The molecule has 108 valence electrons. The molecule has 0 saturated heterocycles. The Kier molecular flexibility index (Phi) is 5.17. The van der Waals surface area contributed by atoms with Crippen molar-refractivity contribution in [2.45, 2.75) is 26.0 Å². The van der Waals surface area contributed by atoms with Crippen LogP contribution in [0.4, 0.5) is 0 Å². The molecule has 20 heavy (non-hydrogen) atoms. The Labute approximate surface area is 124 Å². The molecule has 3 nitrogen and oxygen atoms in total. The maximum atomic E-state index is 10.4. The fourth-order valence-electron chi connectivity index (χ4n) is 2.04. The summed E-state index contributed by atoms with van der Waals surface area (Å²) in [6.07, 6.45) is 0. The first-order valence-electron chi connectivity index (χ1n) is 6.79. The summed E-state index contributed by atoms with van der Waals surface area (Å²) in [7, 11) is 0. The van der Waals surface area contributed by atoms with Gasteiger partial charge in [-0.2, -0.15) is 11.3 Å². The zero-order chi connectivity index (χ0) is 14.4. The van der Waals surface area contributed by atoms with Crippen LogP contribution in [0.1, 0.15) is 25.0 Å². The highest BCUT2D eigenvalue weighted by Gasteiger charge is 2.22. The van der Waals surface area contributed by atoms with Crippen molar-refractivity contribution < 1.29 is 9.84 Å². The van der Waals surface area contributed by atoms with Crippen LogP contribution >= 0.6 is 11.3 Å². The number of ether oxygens (including phenoxy) is 1. The van der Waals surface area contributed by atoms with Crippen molar-refractivity contribution in [3.05, 3.63) is 52.2 Å². The van der Waals surface area contributed by atoms with Gasteiger partial charge in [0.25, 0.3) is 0 Å². The van der Waals surface area contributed by atoms with Crippen LogP contribution < -0.4 is 10.1 Å². The van der Waals surface area contributed by atoms with Gasteiger partial charge in [-0.3, -0.25) is 0 Å². The minimum Gasteiger partial charge on any atom is -0.494 e. The highest BCUT2D eigenvalue weighted by Crippen LogP contribution is 2.22. The highest BCUT2D eigenvalue weighted by molar-refractivity contribution is 7.08. The quantitative estimate of drug-likeness (QED) is 0.823. The Morgan fingerprint density at radius 2 is 2.20 bits per heavy atom. The number of thiophene rings is 1. The van der Waals surface area contributed by atoms with Gasteiger partial charge in [0, 0.05) is 13.1 Å². The lowest BCUT2D eigenvalue weighted by molar-refractivity contribution is 0.0571. The fraction of sp³-hybridized carbons (Fsp3) is 0.375. The second-order valence-corrected chi connectivity index (χ2v) is 5.75. The average molecular weight is 291 g/mol. The summed E-state index contributed by atoms with van der Waals surface area (Å²) in [6, 6.07) is 9.97. The van der Waals surface area contributed by atoms with E-state index in [1.807, 2.05) is 48.9 Å². The van der Waals surface area contributed by atoms with E-state index in [-0.39, 0.29) is 0 Å². The largest absolute Gasteiger partial charge is 0.494 e. The fourth-order valence-corrected chi connectivity index (χ4v) is 2.82. The van der Waals surface area contributed by atoms with E-state index in [9.17, 15) is 5.11 Å². The zero-order valence-corrected chi connectivity index (χ0v) is 12.7. The molecule has 1 atom stereocenters. The minimum absolute atomic E-state index is 0.516. The molecule has 2 aromatic rings. The lowest BCUT2D eigenvalue weighted by Gasteiger charge is -2.23. The molecule has 0 fully saturated rings. The predicted octanol–water partition coefficient (Wildman–Crippen LogP) is 3.14. The van der Waals surface area contributed by atoms with Gasteiger partial charge in [0.2, 0.25) is 0 Å². The van der Waals surface area contributed by atoms with E-state index in [0.29, 0.717) is 19.7 Å². The smallest absolute Gasteiger partial charge is 0.119 e. The van der Waals surface area contributed by atoms with Crippen LogP contribution in [0.25, 0.3) is 0 Å². The van der Waals surface area contributed by atoms with Gasteiger partial charge in [-0.05, 0) is 53.9 Å². The number of aliphatic hydroxyl groups is 1. The van der Waals surface area contributed by atoms with E-state index < -0.39 is 5.60 Å². The molecular formula is C16H21NO2S. The van der Waals surface area contributed by atoms with Crippen LogP contribution in [0, 0.1) is 0 Å². The zero-order valence-electron chi connectivity index (χ0n) is 11.9. The lowest BCUT2D eigenvalue weighted by Crippen LogP contribution is -2.34. The monoisotopic (exact) mass is 291 g/mol. The summed E-state index contributed by atoms with van der Waals surface area (Å²) in [5.41, 5.74) is 1.27. The van der Waals surface area contributed by atoms with Gasteiger partial charge < -0.3 is 15.2 Å². The number of hydrogen-bond donors (Lipinski definition) is 2. The van der Waals surface area contributed by atoms with Crippen molar-refractivity contribution in [1.82, 2.24) is 5.32 Å². The predicted molar refractivity (Wildman–Crippen MR) is 83.2 cm³/mol. The second-order valence-electron chi connectivity index (χ2n) is 4.97. The number of hydrogen-bond acceptors (Lipinski definition) is 4. The van der Waals surface area contributed by atoms with Gasteiger partial charge >= 0.3 is 0 Å². The molecule has 1 unspecified atom stereocenters. The van der Waals surface area contributed by atoms with Crippen LogP contribution in [0.5, 0.6) is 5.75 Å². The molecule has 2 rings (SSSR count). The van der Waals surface area contributed by atoms with Crippen LogP contribution in [0.15, 0.2) is 41.1 Å². The van der Waals surface area contributed by atoms with E-state index in [1.165, 1.54) is 0 Å². The van der Waals surface area contributed by atoms with Crippen LogP contribution in [-0.2, 0) is 12.1 Å². The molecule has 1 heterocycles. The molecule has 0 aliphatic rings. The minimum atomic E-state index is -0.836. The topological polar surface area (TPSA) is 41.5 Å². The van der Waals surface area contributed by atoms with Crippen molar-refractivity contribution in [2.75, 3.05) is 13.2 Å². The van der Waals surface area contributed by atoms with Crippen LogP contribution in [0.3, 0.4) is 0 Å². The normalized spacial score (nSPS) is 13.9. The summed E-state index contributed by atoms with van der Waals surface area (Å²) < 4.78 is 5.48. The summed E-state index contributed by atoms with van der Waals surface area (Å²) in [4.78, 5) is 0. The van der Waals surface area contributed by atoms with E-state index >= 15 is 0 Å². The molecule has 0 aliphatic carbocycles. The molecule has 0 bridgehead atoms. The van der Waals surface area contributed by atoms with Gasteiger partial charge in [0.05, 0.1) is 12.2 Å². The number of nitrogens with one attached hydrogen (secondary N) is 1. The average Bonchev–Trinajstić information content (AvgIpc) is 2.94. The first-order valence-corrected chi connectivity index (χ1v) is 7.73. The molecule has 4 heteroatoms. The third kappa shape index (κ3) is 4.07. The Bertz CT molecular complexity index is 523. The molecule has 0 radical (unpaired) electrons. The van der Waals surface area contributed by atoms with Gasteiger partial charge in [-0.15, -0.1) is 0 Å².